The summed E-state index contributed by atoms with van der Waals surface area (Å²) in [5, 5.41) is 7.15. The van der Waals surface area contributed by atoms with Gasteiger partial charge in [0, 0.05) is 30.9 Å². The molecule has 220 valence electrons. The Bertz CT molecular complexity index is 1520. The van der Waals surface area contributed by atoms with E-state index in [9.17, 15) is 0 Å². The third-order valence-electron chi connectivity index (χ3n) is 8.70. The minimum absolute atomic E-state index is 0.0373. The van der Waals surface area contributed by atoms with Gasteiger partial charge in [-0.2, -0.15) is 0 Å². The number of aromatic amines is 2. The largest absolute Gasteiger partial charge is 0.373 e. The fourth-order valence-electron chi connectivity index (χ4n) is 6.05. The summed E-state index contributed by atoms with van der Waals surface area (Å²) in [6, 6.07) is 14.1. The number of anilines is 1. The molecule has 4 N–H and O–H groups in total. The van der Waals surface area contributed by atoms with Crippen LogP contribution in [0.5, 0.6) is 0 Å². The van der Waals surface area contributed by atoms with Gasteiger partial charge in [0.15, 0.2) is 0 Å². The number of nitrogens with one attached hydrogen (secondary N) is 4. The Morgan fingerprint density at radius 3 is 2.07 bits per heavy atom. The van der Waals surface area contributed by atoms with Gasteiger partial charge in [0.25, 0.3) is 0 Å². The van der Waals surface area contributed by atoms with Gasteiger partial charge in [0.05, 0.1) is 41.9 Å². The van der Waals surface area contributed by atoms with Gasteiger partial charge in [-0.3, -0.25) is 5.32 Å². The number of rotatable bonds is 12. The summed E-state index contributed by atoms with van der Waals surface area (Å²) in [5.41, 5.74) is 9.59. The SMILES string of the molecule is C#CC(CC)NC(C)c1ncc(-c2ccc(-c3ccc(-c4cnc(C(C)NC(CC)CC)[nH]4)c4c3CCN4C)cc2)[nH]1. The number of hydrogen-bond acceptors (Lipinski definition) is 5. The predicted molar refractivity (Wildman–Crippen MR) is 174 cm³/mol. The molecule has 0 aliphatic carbocycles. The summed E-state index contributed by atoms with van der Waals surface area (Å²) in [4.78, 5) is 18.9. The molecule has 7 nitrogen and oxygen atoms in total. The summed E-state index contributed by atoms with van der Waals surface area (Å²) >= 11 is 0. The molecule has 3 atom stereocenters. The molecule has 0 radical (unpaired) electrons. The van der Waals surface area contributed by atoms with Crippen molar-refractivity contribution in [2.45, 2.75) is 84.5 Å². The minimum atomic E-state index is 0.0373. The number of likely N-dealkylation sites (N-methyl/N-ethyl adjacent to an activating group) is 1. The maximum Gasteiger partial charge on any atom is 0.123 e. The Balaban J connectivity index is 1.37. The molecule has 4 aromatic rings. The van der Waals surface area contributed by atoms with Crippen LogP contribution in [0.3, 0.4) is 0 Å². The minimum Gasteiger partial charge on any atom is -0.373 e. The molecule has 1 aliphatic rings. The number of terminal acetylenes is 1. The van der Waals surface area contributed by atoms with Crippen LogP contribution < -0.4 is 15.5 Å². The van der Waals surface area contributed by atoms with Crippen LogP contribution in [0.2, 0.25) is 0 Å². The van der Waals surface area contributed by atoms with Crippen LogP contribution in [0.15, 0.2) is 48.8 Å². The molecule has 2 aromatic carbocycles. The highest BCUT2D eigenvalue weighted by Crippen LogP contribution is 2.42. The van der Waals surface area contributed by atoms with Crippen molar-refractivity contribution in [3.63, 3.8) is 0 Å². The first-order valence-corrected chi connectivity index (χ1v) is 15.4. The molecule has 2 aromatic heterocycles. The average Bonchev–Trinajstić information content (AvgIpc) is 3.79. The summed E-state index contributed by atoms with van der Waals surface area (Å²) in [7, 11) is 2.19. The van der Waals surface area contributed by atoms with Gasteiger partial charge in [0.2, 0.25) is 0 Å². The lowest BCUT2D eigenvalue weighted by Crippen LogP contribution is -2.30. The molecule has 3 heterocycles. The van der Waals surface area contributed by atoms with Crippen molar-refractivity contribution in [1.29, 1.82) is 0 Å². The molecule has 5 rings (SSSR count). The van der Waals surface area contributed by atoms with Crippen molar-refractivity contribution in [3.05, 3.63) is 66.0 Å². The zero-order chi connectivity index (χ0) is 29.8. The van der Waals surface area contributed by atoms with Crippen molar-refractivity contribution in [2.24, 2.45) is 0 Å². The molecule has 7 heteroatoms. The van der Waals surface area contributed by atoms with E-state index in [4.69, 9.17) is 11.4 Å². The second kappa shape index (κ2) is 13.0. The van der Waals surface area contributed by atoms with E-state index in [0.29, 0.717) is 6.04 Å². The van der Waals surface area contributed by atoms with Crippen molar-refractivity contribution >= 4 is 5.69 Å². The molecule has 0 spiro atoms. The summed E-state index contributed by atoms with van der Waals surface area (Å²) in [6.45, 7) is 11.8. The fourth-order valence-corrected chi connectivity index (χ4v) is 6.05. The number of fused-ring (bicyclic) bond motifs is 1. The quantitative estimate of drug-likeness (QED) is 0.139. The molecule has 3 unspecified atom stereocenters. The zero-order valence-electron chi connectivity index (χ0n) is 25.9. The Morgan fingerprint density at radius 2 is 1.43 bits per heavy atom. The predicted octanol–water partition coefficient (Wildman–Crippen LogP) is 7.03. The van der Waals surface area contributed by atoms with Gasteiger partial charge in [0.1, 0.15) is 11.6 Å². The molecule has 42 heavy (non-hydrogen) atoms. The molecular formula is C35H45N7. The third-order valence-corrected chi connectivity index (χ3v) is 8.70. The molecule has 0 amide bonds. The Labute approximate surface area is 251 Å². The Morgan fingerprint density at radius 1 is 0.833 bits per heavy atom. The lowest BCUT2D eigenvalue weighted by molar-refractivity contribution is 0.423. The van der Waals surface area contributed by atoms with E-state index in [-0.39, 0.29) is 18.1 Å². The van der Waals surface area contributed by atoms with Gasteiger partial charge in [-0.25, -0.2) is 9.97 Å². The first kappa shape index (κ1) is 29.6. The highest BCUT2D eigenvalue weighted by Gasteiger charge is 2.25. The van der Waals surface area contributed by atoms with Crippen molar-refractivity contribution < 1.29 is 0 Å². The lowest BCUT2D eigenvalue weighted by Gasteiger charge is -2.20. The van der Waals surface area contributed by atoms with Crippen LogP contribution in [0.1, 0.15) is 83.2 Å². The molecule has 0 bridgehead atoms. The number of nitrogens with zero attached hydrogens (tertiary/aromatic N) is 3. The van der Waals surface area contributed by atoms with Gasteiger partial charge < -0.3 is 20.2 Å². The summed E-state index contributed by atoms with van der Waals surface area (Å²) in [6.07, 6.45) is 13.7. The Kier molecular flexibility index (Phi) is 9.15. The van der Waals surface area contributed by atoms with Gasteiger partial charge >= 0.3 is 0 Å². The van der Waals surface area contributed by atoms with Gasteiger partial charge in [-0.15, -0.1) is 6.42 Å². The van der Waals surface area contributed by atoms with E-state index in [2.05, 4.69) is 114 Å². The van der Waals surface area contributed by atoms with E-state index in [1.165, 1.54) is 27.9 Å². The third kappa shape index (κ3) is 6.01. The topological polar surface area (TPSA) is 84.7 Å². The maximum atomic E-state index is 5.63. The molecule has 0 saturated heterocycles. The smallest absolute Gasteiger partial charge is 0.123 e. The van der Waals surface area contributed by atoms with Crippen LogP contribution in [0.25, 0.3) is 33.6 Å². The van der Waals surface area contributed by atoms with Gasteiger partial charge in [-0.1, -0.05) is 63.1 Å². The van der Waals surface area contributed by atoms with E-state index < -0.39 is 0 Å². The molecule has 0 fully saturated rings. The van der Waals surface area contributed by atoms with Gasteiger partial charge in [-0.05, 0) is 61.8 Å². The van der Waals surface area contributed by atoms with Crippen LogP contribution in [0, 0.1) is 12.3 Å². The van der Waals surface area contributed by atoms with Crippen LogP contribution in [-0.2, 0) is 6.42 Å². The first-order chi connectivity index (χ1) is 20.4. The number of imidazole rings is 2. The highest BCUT2D eigenvalue weighted by molar-refractivity contribution is 5.88. The standard InChI is InChI=1S/C35H45N7/c1-8-26(9-2)38-22(5)34-36-20-31(40-34)25-14-12-24(13-15-25)28-16-17-30(33-29(28)18-19-42(33)7)32-21-37-35(41-32)23(6)39-27(10-3)11-4/h1,12-17,20-23,26-27,38-39H,9-11,18-19H2,2-7H3,(H,36,40)(H,37,41). The second-order valence-electron chi connectivity index (χ2n) is 11.5. The van der Waals surface area contributed by atoms with E-state index >= 15 is 0 Å². The number of hydrogen-bond donors (Lipinski definition) is 4. The fraction of sp³-hybridized carbons (Fsp3) is 0.429. The van der Waals surface area contributed by atoms with Crippen molar-refractivity contribution in [1.82, 2.24) is 30.6 Å². The first-order valence-electron chi connectivity index (χ1n) is 15.4. The zero-order valence-corrected chi connectivity index (χ0v) is 25.9. The molecule has 1 aliphatic heterocycles. The van der Waals surface area contributed by atoms with E-state index in [0.717, 1.165) is 60.8 Å². The van der Waals surface area contributed by atoms with E-state index in [1.54, 1.807) is 0 Å². The Hall–Kier alpha value is -3.86. The second-order valence-corrected chi connectivity index (χ2v) is 11.5. The van der Waals surface area contributed by atoms with Crippen LogP contribution in [0.4, 0.5) is 5.69 Å². The maximum absolute atomic E-state index is 5.63. The lowest BCUT2D eigenvalue weighted by atomic mass is 9.93. The summed E-state index contributed by atoms with van der Waals surface area (Å²) < 4.78 is 0. The number of aromatic nitrogens is 4. The molecule has 0 saturated carbocycles. The van der Waals surface area contributed by atoms with E-state index in [1.807, 2.05) is 12.4 Å². The number of benzene rings is 2. The highest BCUT2D eigenvalue weighted by atomic mass is 15.1. The van der Waals surface area contributed by atoms with Crippen LogP contribution >= 0.6 is 0 Å². The monoisotopic (exact) mass is 563 g/mol. The molecular weight excluding hydrogens is 518 g/mol. The summed E-state index contributed by atoms with van der Waals surface area (Å²) in [5.74, 6) is 4.67. The number of H-pyrrole nitrogens is 2. The normalized spacial score (nSPS) is 15.0. The van der Waals surface area contributed by atoms with Crippen LogP contribution in [-0.4, -0.2) is 45.6 Å². The van der Waals surface area contributed by atoms with Crippen molar-refractivity contribution in [2.75, 3.05) is 18.5 Å². The van der Waals surface area contributed by atoms with Crippen molar-refractivity contribution in [3.8, 4) is 46.0 Å². The average molecular weight is 564 g/mol.